The highest BCUT2D eigenvalue weighted by Crippen LogP contribution is 2.40. The quantitative estimate of drug-likeness (QED) is 0.909. The van der Waals surface area contributed by atoms with Gasteiger partial charge in [0, 0.05) is 0 Å². The Hall–Kier alpha value is -1.49. The van der Waals surface area contributed by atoms with E-state index in [0.29, 0.717) is 18.1 Å². The van der Waals surface area contributed by atoms with Gasteiger partial charge in [0.05, 0.1) is 5.75 Å². The topological polar surface area (TPSA) is 63.4 Å². The maximum absolute atomic E-state index is 12.2. The number of amides is 2. The number of carbonyl (C=O) groups excluding carboxylic acids is 2. The summed E-state index contributed by atoms with van der Waals surface area (Å²) >= 11 is 1.56. The molecule has 1 aromatic rings. The average Bonchev–Trinajstić information content (AvgIpc) is 2.78. The standard InChI is InChI=1S/C16H22N2O2S/c1-10(2)8-13(15(17)20)18-14(19)9-21-16(18)12-6-4-11(3)5-7-12/h4-7,10,13,16H,8-9H2,1-3H3,(H2,17,20)/t13-,16+/m1/s1. The Morgan fingerprint density at radius 2 is 2.00 bits per heavy atom. The van der Waals surface area contributed by atoms with Crippen molar-refractivity contribution < 1.29 is 9.59 Å². The first-order chi connectivity index (χ1) is 9.90. The van der Waals surface area contributed by atoms with Crippen LogP contribution in [0.15, 0.2) is 24.3 Å². The second-order valence-corrected chi connectivity index (χ2v) is 6.99. The third kappa shape index (κ3) is 3.59. The molecule has 0 aliphatic carbocycles. The molecule has 4 nitrogen and oxygen atoms in total. The summed E-state index contributed by atoms with van der Waals surface area (Å²) in [7, 11) is 0. The molecule has 0 aromatic heterocycles. The number of aryl methyl sites for hydroxylation is 1. The second kappa shape index (κ2) is 6.52. The number of rotatable bonds is 5. The van der Waals surface area contributed by atoms with E-state index in [9.17, 15) is 9.59 Å². The van der Waals surface area contributed by atoms with Crippen LogP contribution in [0.4, 0.5) is 0 Å². The fraction of sp³-hybridized carbons (Fsp3) is 0.500. The molecular formula is C16H22N2O2S. The van der Waals surface area contributed by atoms with Crippen molar-refractivity contribution in [2.24, 2.45) is 11.7 Å². The third-order valence-corrected chi connectivity index (χ3v) is 4.86. The van der Waals surface area contributed by atoms with Gasteiger partial charge in [-0.1, -0.05) is 43.7 Å². The summed E-state index contributed by atoms with van der Waals surface area (Å²) < 4.78 is 0. The van der Waals surface area contributed by atoms with Crippen molar-refractivity contribution in [1.82, 2.24) is 4.90 Å². The predicted molar refractivity (Wildman–Crippen MR) is 85.7 cm³/mol. The van der Waals surface area contributed by atoms with Gasteiger partial charge in [0.2, 0.25) is 11.8 Å². The molecule has 5 heteroatoms. The molecule has 1 aliphatic rings. The van der Waals surface area contributed by atoms with E-state index in [-0.39, 0.29) is 11.3 Å². The highest BCUT2D eigenvalue weighted by Gasteiger charge is 2.40. The van der Waals surface area contributed by atoms with Crippen LogP contribution in [0, 0.1) is 12.8 Å². The molecule has 114 valence electrons. The molecule has 2 rings (SSSR count). The van der Waals surface area contributed by atoms with E-state index in [1.54, 1.807) is 16.7 Å². The zero-order valence-electron chi connectivity index (χ0n) is 12.7. The molecule has 2 N–H and O–H groups in total. The molecule has 0 unspecified atom stereocenters. The van der Waals surface area contributed by atoms with Crippen LogP contribution in [0.1, 0.15) is 36.8 Å². The van der Waals surface area contributed by atoms with Crippen LogP contribution in [-0.2, 0) is 9.59 Å². The largest absolute Gasteiger partial charge is 0.368 e. The van der Waals surface area contributed by atoms with Crippen molar-refractivity contribution >= 4 is 23.6 Å². The zero-order valence-corrected chi connectivity index (χ0v) is 13.5. The van der Waals surface area contributed by atoms with Gasteiger partial charge in [0.15, 0.2) is 0 Å². The third-order valence-electron chi connectivity index (χ3n) is 3.63. The lowest BCUT2D eigenvalue weighted by Gasteiger charge is -2.31. The molecule has 1 fully saturated rings. The first-order valence-corrected chi connectivity index (χ1v) is 8.23. The lowest BCUT2D eigenvalue weighted by Crippen LogP contribution is -2.47. The van der Waals surface area contributed by atoms with Gasteiger partial charge in [-0.25, -0.2) is 0 Å². The van der Waals surface area contributed by atoms with E-state index < -0.39 is 11.9 Å². The molecular weight excluding hydrogens is 284 g/mol. The average molecular weight is 306 g/mol. The van der Waals surface area contributed by atoms with Crippen LogP contribution in [0.25, 0.3) is 0 Å². The summed E-state index contributed by atoms with van der Waals surface area (Å²) in [5, 5.41) is -0.116. The molecule has 1 heterocycles. The number of nitrogens with two attached hydrogens (primary N) is 1. The monoisotopic (exact) mass is 306 g/mol. The number of benzene rings is 1. The van der Waals surface area contributed by atoms with E-state index in [1.807, 2.05) is 45.0 Å². The summed E-state index contributed by atoms with van der Waals surface area (Å²) in [6.07, 6.45) is 0.601. The van der Waals surface area contributed by atoms with E-state index in [1.165, 1.54) is 5.56 Å². The van der Waals surface area contributed by atoms with Crippen LogP contribution in [0.3, 0.4) is 0 Å². The summed E-state index contributed by atoms with van der Waals surface area (Å²) in [5.74, 6) is 0.284. The van der Waals surface area contributed by atoms with E-state index in [0.717, 1.165) is 5.56 Å². The summed E-state index contributed by atoms with van der Waals surface area (Å²) in [5.41, 5.74) is 7.77. The van der Waals surface area contributed by atoms with Gasteiger partial charge in [0.25, 0.3) is 0 Å². The minimum absolute atomic E-state index is 0.00461. The number of carbonyl (C=O) groups is 2. The molecule has 1 aromatic carbocycles. The molecule has 0 spiro atoms. The predicted octanol–water partition coefficient (Wildman–Crippen LogP) is 2.47. The van der Waals surface area contributed by atoms with Gasteiger partial charge >= 0.3 is 0 Å². The Balaban J connectivity index is 2.30. The van der Waals surface area contributed by atoms with Crippen LogP contribution in [0.2, 0.25) is 0 Å². The lowest BCUT2D eigenvalue weighted by atomic mass is 10.0. The highest BCUT2D eigenvalue weighted by atomic mass is 32.2. The first kappa shape index (κ1) is 15.9. The Kier molecular flexibility index (Phi) is 4.93. The Labute approximate surface area is 130 Å². The van der Waals surface area contributed by atoms with Crippen LogP contribution in [-0.4, -0.2) is 28.5 Å². The molecule has 1 saturated heterocycles. The molecule has 1 aliphatic heterocycles. The van der Waals surface area contributed by atoms with Gasteiger partial charge in [-0.2, -0.15) is 0 Å². The van der Waals surface area contributed by atoms with Gasteiger partial charge in [0.1, 0.15) is 11.4 Å². The summed E-state index contributed by atoms with van der Waals surface area (Å²) in [6.45, 7) is 6.09. The second-order valence-electron chi connectivity index (χ2n) is 5.92. The molecule has 2 amide bonds. The number of primary amides is 1. The van der Waals surface area contributed by atoms with Crippen molar-refractivity contribution in [3.63, 3.8) is 0 Å². The Bertz CT molecular complexity index is 528. The van der Waals surface area contributed by atoms with Gasteiger partial charge in [-0.3, -0.25) is 9.59 Å². The summed E-state index contributed by atoms with van der Waals surface area (Å²) in [4.78, 5) is 25.7. The van der Waals surface area contributed by atoms with E-state index in [2.05, 4.69) is 0 Å². The van der Waals surface area contributed by atoms with Crippen LogP contribution < -0.4 is 5.73 Å². The Morgan fingerprint density at radius 1 is 1.38 bits per heavy atom. The fourth-order valence-corrected chi connectivity index (χ4v) is 3.80. The van der Waals surface area contributed by atoms with Gasteiger partial charge in [-0.05, 0) is 24.8 Å². The number of hydrogen-bond acceptors (Lipinski definition) is 3. The Morgan fingerprint density at radius 3 is 2.52 bits per heavy atom. The SMILES string of the molecule is Cc1ccc([C@@H]2SCC(=O)N2[C@H](CC(C)C)C(N)=O)cc1. The van der Waals surface area contributed by atoms with E-state index >= 15 is 0 Å². The van der Waals surface area contributed by atoms with Crippen molar-refractivity contribution in [3.05, 3.63) is 35.4 Å². The lowest BCUT2D eigenvalue weighted by molar-refractivity contribution is -0.137. The smallest absolute Gasteiger partial charge is 0.240 e. The maximum atomic E-state index is 12.2. The van der Waals surface area contributed by atoms with Gasteiger partial charge in [-0.15, -0.1) is 11.8 Å². The zero-order chi connectivity index (χ0) is 15.6. The highest BCUT2D eigenvalue weighted by molar-refractivity contribution is 8.00. The van der Waals surface area contributed by atoms with Crippen LogP contribution in [0.5, 0.6) is 0 Å². The molecule has 21 heavy (non-hydrogen) atoms. The number of hydrogen-bond donors (Lipinski definition) is 1. The van der Waals surface area contributed by atoms with Crippen LogP contribution >= 0.6 is 11.8 Å². The minimum atomic E-state index is -0.529. The van der Waals surface area contributed by atoms with Crippen molar-refractivity contribution in [2.45, 2.75) is 38.6 Å². The molecule has 0 saturated carbocycles. The van der Waals surface area contributed by atoms with Crippen molar-refractivity contribution in [2.75, 3.05) is 5.75 Å². The molecule has 2 atom stereocenters. The summed E-state index contributed by atoms with van der Waals surface area (Å²) in [6, 6.07) is 7.56. The number of thioether (sulfide) groups is 1. The molecule has 0 bridgehead atoms. The fourth-order valence-electron chi connectivity index (χ4n) is 2.57. The van der Waals surface area contributed by atoms with Gasteiger partial charge < -0.3 is 10.6 Å². The van der Waals surface area contributed by atoms with Crippen molar-refractivity contribution in [3.8, 4) is 0 Å². The van der Waals surface area contributed by atoms with E-state index in [4.69, 9.17) is 5.73 Å². The number of nitrogens with zero attached hydrogens (tertiary/aromatic N) is 1. The first-order valence-electron chi connectivity index (χ1n) is 7.18. The normalized spacial score (nSPS) is 20.1. The maximum Gasteiger partial charge on any atom is 0.240 e. The molecule has 0 radical (unpaired) electrons. The minimum Gasteiger partial charge on any atom is -0.368 e. The van der Waals surface area contributed by atoms with Crippen molar-refractivity contribution in [1.29, 1.82) is 0 Å².